The minimum absolute atomic E-state index is 0.0283. The standard InChI is InChI=1S/C19H18N4O3/c24-18(14-11-13-5-1-2-6-15(13)26-19(14)25)21-12-16-20-8-7-17(22-16)23-9-3-4-10-23/h1-2,5-8,11H,3-4,9-10,12H2,(H,21,24). The fraction of sp³-hybridized carbons (Fsp3) is 0.263. The van der Waals surface area contributed by atoms with Gasteiger partial charge in [0.15, 0.2) is 0 Å². The van der Waals surface area contributed by atoms with Gasteiger partial charge in [-0.05, 0) is 31.0 Å². The quantitative estimate of drug-likeness (QED) is 0.725. The molecule has 7 nitrogen and oxygen atoms in total. The van der Waals surface area contributed by atoms with Crippen LogP contribution in [0.1, 0.15) is 29.0 Å². The fourth-order valence-corrected chi connectivity index (χ4v) is 3.07. The zero-order valence-corrected chi connectivity index (χ0v) is 14.1. The van der Waals surface area contributed by atoms with Crippen LogP contribution < -0.4 is 15.8 Å². The van der Waals surface area contributed by atoms with Crippen LogP contribution in [0.25, 0.3) is 11.0 Å². The second-order valence-electron chi connectivity index (χ2n) is 6.19. The summed E-state index contributed by atoms with van der Waals surface area (Å²) in [5.41, 5.74) is -0.233. The van der Waals surface area contributed by atoms with Gasteiger partial charge in [0.1, 0.15) is 22.8 Å². The molecule has 1 N–H and O–H groups in total. The summed E-state index contributed by atoms with van der Waals surface area (Å²) in [5, 5.41) is 3.39. The molecule has 0 radical (unpaired) electrons. The third-order valence-electron chi connectivity index (χ3n) is 4.41. The Labute approximate surface area is 149 Å². The molecule has 1 amide bonds. The maximum atomic E-state index is 12.4. The average molecular weight is 350 g/mol. The third kappa shape index (κ3) is 3.28. The molecule has 26 heavy (non-hydrogen) atoms. The summed E-state index contributed by atoms with van der Waals surface area (Å²) in [4.78, 5) is 35.3. The topological polar surface area (TPSA) is 88.3 Å². The Balaban J connectivity index is 1.50. The largest absolute Gasteiger partial charge is 0.422 e. The summed E-state index contributed by atoms with van der Waals surface area (Å²) in [6.07, 6.45) is 4.01. The number of para-hydroxylation sites is 1. The number of hydrogen-bond donors (Lipinski definition) is 1. The zero-order valence-electron chi connectivity index (χ0n) is 14.1. The van der Waals surface area contributed by atoms with Crippen LogP contribution in [0.4, 0.5) is 5.82 Å². The van der Waals surface area contributed by atoms with Gasteiger partial charge < -0.3 is 14.6 Å². The van der Waals surface area contributed by atoms with E-state index in [2.05, 4.69) is 20.2 Å². The van der Waals surface area contributed by atoms with Crippen molar-refractivity contribution in [3.63, 3.8) is 0 Å². The van der Waals surface area contributed by atoms with Crippen LogP contribution in [0.15, 0.2) is 51.8 Å². The molecule has 1 aliphatic rings. The van der Waals surface area contributed by atoms with Crippen molar-refractivity contribution in [3.8, 4) is 0 Å². The summed E-state index contributed by atoms with van der Waals surface area (Å²) < 4.78 is 5.20. The molecule has 1 saturated heterocycles. The fourth-order valence-electron chi connectivity index (χ4n) is 3.07. The number of carbonyl (C=O) groups excluding carboxylic acids is 1. The molecule has 7 heteroatoms. The Morgan fingerprint density at radius 2 is 2.00 bits per heavy atom. The van der Waals surface area contributed by atoms with Gasteiger partial charge in [0.05, 0.1) is 6.54 Å². The second kappa shape index (κ2) is 6.95. The van der Waals surface area contributed by atoms with Gasteiger partial charge in [-0.25, -0.2) is 14.8 Å². The van der Waals surface area contributed by atoms with E-state index in [0.717, 1.165) is 31.7 Å². The lowest BCUT2D eigenvalue weighted by molar-refractivity contribution is 0.0946. The number of hydrogen-bond acceptors (Lipinski definition) is 6. The van der Waals surface area contributed by atoms with Gasteiger partial charge in [-0.3, -0.25) is 4.79 Å². The lowest BCUT2D eigenvalue weighted by Crippen LogP contribution is -2.29. The van der Waals surface area contributed by atoms with Crippen LogP contribution in [0.2, 0.25) is 0 Å². The van der Waals surface area contributed by atoms with Crippen molar-refractivity contribution in [1.29, 1.82) is 0 Å². The van der Waals surface area contributed by atoms with E-state index < -0.39 is 11.5 Å². The summed E-state index contributed by atoms with van der Waals surface area (Å²) in [6, 6.07) is 10.5. The van der Waals surface area contributed by atoms with Crippen molar-refractivity contribution in [3.05, 3.63) is 64.4 Å². The Hall–Kier alpha value is -3.22. The monoisotopic (exact) mass is 350 g/mol. The second-order valence-corrected chi connectivity index (χ2v) is 6.19. The van der Waals surface area contributed by atoms with Crippen molar-refractivity contribution >= 4 is 22.7 Å². The van der Waals surface area contributed by atoms with E-state index in [1.165, 1.54) is 6.07 Å². The van der Waals surface area contributed by atoms with E-state index in [9.17, 15) is 9.59 Å². The molecular weight excluding hydrogens is 332 g/mol. The van der Waals surface area contributed by atoms with Crippen molar-refractivity contribution in [2.75, 3.05) is 18.0 Å². The lowest BCUT2D eigenvalue weighted by atomic mass is 10.2. The maximum Gasteiger partial charge on any atom is 0.349 e. The maximum absolute atomic E-state index is 12.4. The smallest absolute Gasteiger partial charge is 0.349 e. The van der Waals surface area contributed by atoms with E-state index in [1.807, 2.05) is 12.1 Å². The molecule has 3 aromatic rings. The first kappa shape index (κ1) is 16.3. The first-order valence-corrected chi connectivity index (χ1v) is 8.59. The highest BCUT2D eigenvalue weighted by molar-refractivity contribution is 5.96. The molecule has 0 saturated carbocycles. The highest BCUT2D eigenvalue weighted by atomic mass is 16.4. The molecular formula is C19H18N4O3. The molecule has 1 aliphatic heterocycles. The number of benzene rings is 1. The van der Waals surface area contributed by atoms with E-state index in [4.69, 9.17) is 4.42 Å². The Kier molecular flexibility index (Phi) is 4.35. The highest BCUT2D eigenvalue weighted by Gasteiger charge is 2.16. The van der Waals surface area contributed by atoms with Gasteiger partial charge in [0, 0.05) is 24.7 Å². The summed E-state index contributed by atoms with van der Waals surface area (Å²) in [5.74, 6) is 0.875. The lowest BCUT2D eigenvalue weighted by Gasteiger charge is -2.16. The van der Waals surface area contributed by atoms with E-state index >= 15 is 0 Å². The van der Waals surface area contributed by atoms with E-state index in [1.54, 1.807) is 24.4 Å². The van der Waals surface area contributed by atoms with Gasteiger partial charge >= 0.3 is 5.63 Å². The molecule has 0 spiro atoms. The van der Waals surface area contributed by atoms with Gasteiger partial charge in [-0.2, -0.15) is 0 Å². The minimum atomic E-state index is -0.659. The molecule has 4 rings (SSSR count). The van der Waals surface area contributed by atoms with Gasteiger partial charge in [-0.15, -0.1) is 0 Å². The van der Waals surface area contributed by atoms with E-state index in [0.29, 0.717) is 16.8 Å². The summed E-state index contributed by atoms with van der Waals surface area (Å²) in [7, 11) is 0. The van der Waals surface area contributed by atoms with Crippen molar-refractivity contribution in [1.82, 2.24) is 15.3 Å². The van der Waals surface area contributed by atoms with Crippen LogP contribution >= 0.6 is 0 Å². The first-order chi connectivity index (χ1) is 12.7. The van der Waals surface area contributed by atoms with Crippen molar-refractivity contribution in [2.45, 2.75) is 19.4 Å². The molecule has 2 aromatic heterocycles. The van der Waals surface area contributed by atoms with Crippen LogP contribution in [0.5, 0.6) is 0 Å². The van der Waals surface area contributed by atoms with E-state index in [-0.39, 0.29) is 12.1 Å². The predicted octanol–water partition coefficient (Wildman–Crippen LogP) is 2.11. The first-order valence-electron chi connectivity index (χ1n) is 8.59. The predicted molar refractivity (Wildman–Crippen MR) is 97.1 cm³/mol. The molecule has 0 bridgehead atoms. The van der Waals surface area contributed by atoms with Crippen LogP contribution in [0.3, 0.4) is 0 Å². The average Bonchev–Trinajstić information content (AvgIpc) is 3.20. The molecule has 0 atom stereocenters. The Morgan fingerprint density at radius 3 is 2.85 bits per heavy atom. The minimum Gasteiger partial charge on any atom is -0.422 e. The van der Waals surface area contributed by atoms with Crippen molar-refractivity contribution < 1.29 is 9.21 Å². The summed E-state index contributed by atoms with van der Waals surface area (Å²) >= 11 is 0. The summed E-state index contributed by atoms with van der Waals surface area (Å²) in [6.45, 7) is 2.12. The van der Waals surface area contributed by atoms with Crippen LogP contribution in [-0.4, -0.2) is 29.0 Å². The number of fused-ring (bicyclic) bond motifs is 1. The number of amides is 1. The molecule has 132 valence electrons. The van der Waals surface area contributed by atoms with Gasteiger partial charge in [-0.1, -0.05) is 18.2 Å². The van der Waals surface area contributed by atoms with Gasteiger partial charge in [0.25, 0.3) is 5.91 Å². The number of aromatic nitrogens is 2. The normalized spacial score (nSPS) is 13.9. The number of rotatable bonds is 4. The van der Waals surface area contributed by atoms with Gasteiger partial charge in [0.2, 0.25) is 0 Å². The Bertz CT molecular complexity index is 1010. The van der Waals surface area contributed by atoms with Crippen molar-refractivity contribution in [2.24, 2.45) is 0 Å². The number of anilines is 1. The van der Waals surface area contributed by atoms with Crippen LogP contribution in [0, 0.1) is 0 Å². The SMILES string of the molecule is O=C(NCc1nccc(N2CCCC2)n1)c1cc2ccccc2oc1=O. The Morgan fingerprint density at radius 1 is 1.19 bits per heavy atom. The molecule has 1 aromatic carbocycles. The number of nitrogens with zero attached hydrogens (tertiary/aromatic N) is 3. The van der Waals surface area contributed by atoms with Crippen LogP contribution in [-0.2, 0) is 6.54 Å². The molecule has 0 unspecified atom stereocenters. The molecule has 1 fully saturated rings. The number of nitrogens with one attached hydrogen (secondary N) is 1. The molecule has 3 heterocycles. The zero-order chi connectivity index (χ0) is 17.9. The number of carbonyl (C=O) groups is 1. The third-order valence-corrected chi connectivity index (χ3v) is 4.41. The highest BCUT2D eigenvalue weighted by Crippen LogP contribution is 2.17. The molecule has 0 aliphatic carbocycles.